The lowest BCUT2D eigenvalue weighted by atomic mass is 9.95. The second kappa shape index (κ2) is 36.8. The predicted octanol–water partition coefficient (Wildman–Crippen LogP) is 5.77. The molecule has 9 rings (SSSR count). The number of aryl methyl sites for hydroxylation is 4. The molecule has 0 radical (unpaired) electrons. The van der Waals surface area contributed by atoms with E-state index in [9.17, 15) is 49.2 Å². The van der Waals surface area contributed by atoms with Crippen LogP contribution in [0.15, 0.2) is 91.4 Å². The molecule has 3 aliphatic heterocycles. The Labute approximate surface area is 559 Å². The van der Waals surface area contributed by atoms with E-state index in [0.29, 0.717) is 48.1 Å². The zero-order chi connectivity index (χ0) is 69.6. The van der Waals surface area contributed by atoms with Gasteiger partial charge in [0.15, 0.2) is 55.3 Å². The van der Waals surface area contributed by atoms with Crippen LogP contribution >= 0.6 is 15.9 Å². The van der Waals surface area contributed by atoms with Crippen LogP contribution in [0.25, 0.3) is 0 Å². The number of aromatic nitrogens is 9. The van der Waals surface area contributed by atoms with Crippen LogP contribution in [0, 0.1) is 6.92 Å². The van der Waals surface area contributed by atoms with E-state index in [2.05, 4.69) is 123 Å². The van der Waals surface area contributed by atoms with Gasteiger partial charge in [0.05, 0.1) is 42.3 Å². The molecule has 0 aliphatic carbocycles. The van der Waals surface area contributed by atoms with Gasteiger partial charge in [0.2, 0.25) is 0 Å². The van der Waals surface area contributed by atoms with Gasteiger partial charge in [-0.25, -0.2) is 14.0 Å². The van der Waals surface area contributed by atoms with Gasteiger partial charge in [-0.3, -0.25) is 28.8 Å². The topological polar surface area (TPSA) is 359 Å². The van der Waals surface area contributed by atoms with Crippen molar-refractivity contribution < 1.29 is 91.8 Å². The van der Waals surface area contributed by atoms with Crippen molar-refractivity contribution in [2.45, 2.75) is 225 Å². The number of aliphatic hydroxyl groups is 4. The Kier molecular flexibility index (Phi) is 29.5. The van der Waals surface area contributed by atoms with Gasteiger partial charge in [0.25, 0.3) is 0 Å². The molecule has 0 bridgehead atoms. The second-order valence-corrected chi connectivity index (χ2v) is 23.4. The number of alkyl halides is 1. The maximum Gasteiger partial charge on any atom is 0.303 e. The van der Waals surface area contributed by atoms with Gasteiger partial charge < -0.3 is 63.1 Å². The predicted molar refractivity (Wildman–Crippen MR) is 341 cm³/mol. The van der Waals surface area contributed by atoms with Crippen molar-refractivity contribution in [1.29, 1.82) is 0 Å². The van der Waals surface area contributed by atoms with E-state index < -0.39 is 134 Å². The molecule has 3 fully saturated rings. The molecular formula is C66H88BrN9O19. The van der Waals surface area contributed by atoms with Crippen LogP contribution in [-0.2, 0) is 109 Å². The zero-order valence-corrected chi connectivity index (χ0v) is 57.1. The smallest absolute Gasteiger partial charge is 0.303 e. The number of ether oxygens (including phenoxy) is 9. The normalized spacial score (nSPS) is 25.3. The minimum Gasteiger partial charge on any atom is -0.456 e. The second-order valence-electron chi connectivity index (χ2n) is 22.8. The van der Waals surface area contributed by atoms with Crippen molar-refractivity contribution in [2.24, 2.45) is 0 Å². The van der Waals surface area contributed by atoms with Crippen molar-refractivity contribution in [3.63, 3.8) is 0 Å². The number of rotatable bonds is 20. The average Bonchev–Trinajstić information content (AvgIpc) is 1.63. The van der Waals surface area contributed by atoms with E-state index in [4.69, 9.17) is 42.6 Å². The summed E-state index contributed by atoms with van der Waals surface area (Å²) in [6, 6.07) is 25.1. The first-order valence-electron chi connectivity index (χ1n) is 31.5. The maximum atomic E-state index is 11.9. The molecule has 0 saturated carbocycles. The first-order chi connectivity index (χ1) is 45.3. The summed E-state index contributed by atoms with van der Waals surface area (Å²) >= 11 is 3.29. The summed E-state index contributed by atoms with van der Waals surface area (Å²) < 4.78 is 54.4. The molecular weight excluding hydrogens is 1300 g/mol. The van der Waals surface area contributed by atoms with Crippen molar-refractivity contribution in [1.82, 2.24) is 45.0 Å². The number of aliphatic hydroxyl groups excluding tert-OH is 4. The minimum absolute atomic E-state index is 0.449. The number of hydrogen-bond acceptors (Lipinski definition) is 25. The van der Waals surface area contributed by atoms with Crippen LogP contribution in [0.2, 0.25) is 0 Å². The van der Waals surface area contributed by atoms with Crippen LogP contribution < -0.4 is 0 Å². The Hall–Kier alpha value is -7.90. The SMILES string of the molecule is CC[C@H]1O[C@@H](n2cc(CBr)nn2)[C@H](OC(C)=O)[C@@H](OC(C)=O)[C@@H]1OC(C)=O.CCc1ccc(C)cc1.CCc1ccc(Cc2cn([C@@H]3O[C@H](CC)[C@@H](OC(C)=O)[C@H](OC(C)=O)[C@H]3OC(C)=O)nn2)cc1.CCc1ccc(Cc2cn([C@@H]3O[C@H](CO)[C@@H](O)[C@H](O)[C@H]3O)nn2)cc1. The van der Waals surface area contributed by atoms with Gasteiger partial charge in [-0.1, -0.05) is 145 Å². The van der Waals surface area contributed by atoms with E-state index in [-0.39, 0.29) is 0 Å². The summed E-state index contributed by atoms with van der Waals surface area (Å²) in [5.41, 5.74) is 9.43. The lowest BCUT2D eigenvalue weighted by Gasteiger charge is -2.44. The summed E-state index contributed by atoms with van der Waals surface area (Å²) in [6.45, 7) is 19.1. The van der Waals surface area contributed by atoms with Gasteiger partial charge in [-0.15, -0.1) is 15.3 Å². The molecule has 0 spiro atoms. The molecule has 3 saturated heterocycles. The molecule has 3 aromatic carbocycles. The highest BCUT2D eigenvalue weighted by Crippen LogP contribution is 2.37. The van der Waals surface area contributed by atoms with Gasteiger partial charge >= 0.3 is 35.8 Å². The number of carbonyl (C=O) groups excluding carboxylic acids is 6. The molecule has 0 unspecified atom stereocenters. The Balaban J connectivity index is 0.000000213. The molecule has 0 amide bonds. The molecule has 15 atom stereocenters. The van der Waals surface area contributed by atoms with E-state index in [0.717, 1.165) is 30.4 Å². The fourth-order valence-corrected chi connectivity index (χ4v) is 10.9. The van der Waals surface area contributed by atoms with E-state index >= 15 is 0 Å². The summed E-state index contributed by atoms with van der Waals surface area (Å²) in [7, 11) is 0. The van der Waals surface area contributed by atoms with Gasteiger partial charge in [-0.05, 0) is 66.8 Å². The van der Waals surface area contributed by atoms with Gasteiger partial charge in [0.1, 0.15) is 36.6 Å². The molecule has 4 N–H and O–H groups in total. The Morgan fingerprint density at radius 1 is 0.421 bits per heavy atom. The Bertz CT molecular complexity index is 3400. The fourth-order valence-electron chi connectivity index (χ4n) is 10.7. The third kappa shape index (κ3) is 21.8. The van der Waals surface area contributed by atoms with E-state index in [1.807, 2.05) is 38.1 Å². The van der Waals surface area contributed by atoms with Crippen molar-refractivity contribution in [2.75, 3.05) is 6.61 Å². The fraction of sp³-hybridized carbons (Fsp3) is 0.545. The third-order valence-electron chi connectivity index (χ3n) is 15.5. The quantitative estimate of drug-likeness (QED) is 0.0400. The summed E-state index contributed by atoms with van der Waals surface area (Å²) in [4.78, 5) is 70.5. The van der Waals surface area contributed by atoms with Crippen molar-refractivity contribution >= 4 is 51.7 Å². The number of halogens is 1. The van der Waals surface area contributed by atoms with E-state index in [1.54, 1.807) is 18.6 Å². The molecule has 29 heteroatoms. The standard InChI is InChI=1S/C24H31N3O7.C17H23N3O5.C16H22BrN3O7.C9H12/c1-6-17-8-10-18(11-9-17)12-19-13-27(26-25-19)24-23(33-16(5)30)22(32-15(4)29)21(31-14(3)28)20(7-2)34-24;1-2-10-3-5-11(6-4-10)7-12-8-20(19-18-12)17-16(24)15(23)14(22)13(9-21)25-17;1-5-12-13(24-8(2)21)14(25-9(3)22)15(26-10(4)23)16(27-12)20-7-11(6-17)18-19-20;1-3-9-6-4-8(2)5-7-9/h8-11,13,20-24H,6-7,12H2,1-5H3;3-6,8,13-17,21-24H,2,7,9H2,1H3;7,12-16H,5-6H2,1-4H3;4-7H,3H2,1-2H3/t20-,21-,22+,23-,24-;13-,14-,15+,16-,17-;12-,13-,14+,15-,16-;/m111./s1. The molecule has 28 nitrogen and oxygen atoms in total. The number of nitrogens with zero attached hydrogens (tertiary/aromatic N) is 9. The minimum atomic E-state index is -1.44. The number of hydrogen-bond donors (Lipinski definition) is 4. The number of esters is 6. The molecule has 6 heterocycles. The van der Waals surface area contributed by atoms with Crippen molar-refractivity contribution in [3.05, 3.63) is 142 Å². The van der Waals surface area contributed by atoms with Crippen LogP contribution in [-0.4, -0.2) is 181 Å². The third-order valence-corrected chi connectivity index (χ3v) is 16.0. The van der Waals surface area contributed by atoms with Crippen molar-refractivity contribution in [3.8, 4) is 0 Å². The van der Waals surface area contributed by atoms with Crippen LogP contribution in [0.3, 0.4) is 0 Å². The Morgan fingerprint density at radius 2 is 0.726 bits per heavy atom. The lowest BCUT2D eigenvalue weighted by molar-refractivity contribution is -0.265. The zero-order valence-electron chi connectivity index (χ0n) is 55.5. The van der Waals surface area contributed by atoms with Gasteiger partial charge in [0, 0.05) is 59.7 Å². The first kappa shape index (κ1) is 76.1. The highest BCUT2D eigenvalue weighted by atomic mass is 79.9. The monoisotopic (exact) mass is 1390 g/mol. The number of carbonyl (C=O) groups is 6. The first-order valence-corrected chi connectivity index (χ1v) is 32.6. The van der Waals surface area contributed by atoms with Crippen LogP contribution in [0.4, 0.5) is 0 Å². The average molecular weight is 1390 g/mol. The van der Waals surface area contributed by atoms with E-state index in [1.165, 1.54) is 77.8 Å². The number of benzene rings is 3. The molecule has 3 aliphatic rings. The molecule has 6 aromatic rings. The molecule has 518 valence electrons. The summed E-state index contributed by atoms with van der Waals surface area (Å²) in [5, 5.41) is 64.0. The summed E-state index contributed by atoms with van der Waals surface area (Å²) in [5.74, 6) is -3.57. The summed E-state index contributed by atoms with van der Waals surface area (Å²) in [6.07, 6.45) is -5.43. The Morgan fingerprint density at radius 3 is 1.05 bits per heavy atom. The molecule has 3 aromatic heterocycles. The molecule has 95 heavy (non-hydrogen) atoms. The van der Waals surface area contributed by atoms with Crippen LogP contribution in [0.1, 0.15) is 158 Å². The largest absolute Gasteiger partial charge is 0.456 e. The maximum absolute atomic E-state index is 11.9. The highest BCUT2D eigenvalue weighted by Gasteiger charge is 2.54. The highest BCUT2D eigenvalue weighted by molar-refractivity contribution is 9.08. The lowest BCUT2D eigenvalue weighted by Crippen LogP contribution is -2.59. The van der Waals surface area contributed by atoms with Gasteiger partial charge in [-0.2, -0.15) is 0 Å². The van der Waals surface area contributed by atoms with Crippen LogP contribution in [0.5, 0.6) is 0 Å².